The molecule has 10 heavy (non-hydrogen) atoms. The first-order chi connectivity index (χ1) is 5.95. The molecule has 0 N–H and O–H groups in total. The summed E-state index contributed by atoms with van der Waals surface area (Å²) in [6.45, 7) is -2.45. The average Bonchev–Trinajstić information content (AvgIpc) is 2.03. The SMILES string of the molecule is [2H]C([2H])([2H])c1nc(F)ccc1OC. The van der Waals surface area contributed by atoms with E-state index in [0.29, 0.717) is 0 Å². The van der Waals surface area contributed by atoms with E-state index in [9.17, 15) is 4.39 Å². The number of hydrogen-bond donors (Lipinski definition) is 0. The zero-order valence-corrected chi connectivity index (χ0v) is 5.39. The topological polar surface area (TPSA) is 22.1 Å². The maximum Gasteiger partial charge on any atom is 0.213 e. The third kappa shape index (κ3) is 1.23. The maximum absolute atomic E-state index is 12.6. The Labute approximate surface area is 62.9 Å². The van der Waals surface area contributed by atoms with Gasteiger partial charge < -0.3 is 4.74 Å². The van der Waals surface area contributed by atoms with E-state index in [0.717, 1.165) is 6.07 Å². The van der Waals surface area contributed by atoms with Crippen LogP contribution in [0.25, 0.3) is 0 Å². The fourth-order valence-electron chi connectivity index (χ4n) is 0.587. The van der Waals surface area contributed by atoms with Crippen molar-refractivity contribution in [3.8, 4) is 5.75 Å². The van der Waals surface area contributed by atoms with Crippen LogP contribution in [-0.4, -0.2) is 12.1 Å². The first kappa shape index (κ1) is 3.91. The number of methoxy groups -OCH3 is 1. The Bertz CT molecular complexity index is 313. The van der Waals surface area contributed by atoms with E-state index in [1.54, 1.807) is 0 Å². The lowest BCUT2D eigenvalue weighted by Crippen LogP contribution is -1.91. The molecule has 54 valence electrons. The van der Waals surface area contributed by atoms with Gasteiger partial charge in [0.1, 0.15) is 5.75 Å². The molecule has 2 nitrogen and oxygen atoms in total. The molecule has 0 amide bonds. The number of ether oxygens (including phenoxy) is 1. The van der Waals surface area contributed by atoms with Gasteiger partial charge in [-0.2, -0.15) is 4.39 Å². The van der Waals surface area contributed by atoms with Gasteiger partial charge in [0, 0.05) is 4.11 Å². The van der Waals surface area contributed by atoms with E-state index >= 15 is 0 Å². The molecule has 0 unspecified atom stereocenters. The molecule has 1 aromatic heterocycles. The lowest BCUT2D eigenvalue weighted by molar-refractivity contribution is 0.406. The van der Waals surface area contributed by atoms with Crippen LogP contribution < -0.4 is 4.74 Å². The van der Waals surface area contributed by atoms with E-state index in [-0.39, 0.29) is 11.4 Å². The summed E-state index contributed by atoms with van der Waals surface area (Å²) >= 11 is 0. The molecular formula is C7H8FNO. The normalized spacial score (nSPS) is 15.2. The highest BCUT2D eigenvalue weighted by atomic mass is 19.1. The molecule has 0 aliphatic rings. The minimum Gasteiger partial charge on any atom is -0.495 e. The summed E-state index contributed by atoms with van der Waals surface area (Å²) in [4.78, 5) is 3.26. The summed E-state index contributed by atoms with van der Waals surface area (Å²) in [5.74, 6) is -0.756. The van der Waals surface area contributed by atoms with E-state index in [2.05, 4.69) is 4.98 Å². The molecule has 0 fully saturated rings. The lowest BCUT2D eigenvalue weighted by Gasteiger charge is -2.00. The quantitative estimate of drug-likeness (QED) is 0.558. The molecule has 1 rings (SSSR count). The Morgan fingerprint density at radius 3 is 3.10 bits per heavy atom. The molecule has 0 aliphatic heterocycles. The van der Waals surface area contributed by atoms with E-state index in [4.69, 9.17) is 8.85 Å². The molecule has 1 aromatic rings. The van der Waals surface area contributed by atoms with Crippen LogP contribution in [0.2, 0.25) is 0 Å². The third-order valence-corrected chi connectivity index (χ3v) is 1.04. The van der Waals surface area contributed by atoms with Crippen LogP contribution in [0, 0.1) is 12.8 Å². The van der Waals surface area contributed by atoms with Gasteiger partial charge in [0.25, 0.3) is 0 Å². The van der Waals surface area contributed by atoms with Gasteiger partial charge in [0.05, 0.1) is 12.8 Å². The summed E-state index contributed by atoms with van der Waals surface area (Å²) in [5.41, 5.74) is -0.352. The predicted octanol–water partition coefficient (Wildman–Crippen LogP) is 1.54. The van der Waals surface area contributed by atoms with Crippen molar-refractivity contribution < 1.29 is 13.2 Å². The first-order valence-electron chi connectivity index (χ1n) is 4.16. The van der Waals surface area contributed by atoms with Crippen LogP contribution in [-0.2, 0) is 0 Å². The summed E-state index contributed by atoms with van der Waals surface area (Å²) in [6, 6.07) is 2.29. The highest BCUT2D eigenvalue weighted by molar-refractivity contribution is 5.25. The molecular weight excluding hydrogens is 133 g/mol. The first-order valence-corrected chi connectivity index (χ1v) is 2.66. The van der Waals surface area contributed by atoms with Crippen LogP contribution in [0.4, 0.5) is 4.39 Å². The molecule has 0 atom stereocenters. The van der Waals surface area contributed by atoms with Crippen molar-refractivity contribution in [2.75, 3.05) is 7.11 Å². The Morgan fingerprint density at radius 1 is 1.70 bits per heavy atom. The molecule has 3 heteroatoms. The summed E-state index contributed by atoms with van der Waals surface area (Å²) in [5, 5.41) is 0. The van der Waals surface area contributed by atoms with Crippen molar-refractivity contribution in [3.63, 3.8) is 0 Å². The van der Waals surface area contributed by atoms with Crippen molar-refractivity contribution in [1.29, 1.82) is 0 Å². The van der Waals surface area contributed by atoms with Gasteiger partial charge in [-0.25, -0.2) is 4.98 Å². The summed E-state index contributed by atoms with van der Waals surface area (Å²) in [7, 11) is 1.31. The van der Waals surface area contributed by atoms with Crippen LogP contribution >= 0.6 is 0 Å². The number of pyridine rings is 1. The van der Waals surface area contributed by atoms with Gasteiger partial charge in [-0.3, -0.25) is 0 Å². The number of rotatable bonds is 1. The smallest absolute Gasteiger partial charge is 0.213 e. The van der Waals surface area contributed by atoms with Crippen LogP contribution in [0.1, 0.15) is 9.81 Å². The number of aromatic nitrogens is 1. The zero-order chi connectivity index (χ0) is 10.1. The number of halogens is 1. The van der Waals surface area contributed by atoms with Crippen molar-refractivity contribution in [2.24, 2.45) is 0 Å². The standard InChI is InChI=1S/C7H8FNO/c1-5-6(10-2)3-4-7(8)9-5/h3-4H,1-2H3/i1D3. The molecule has 0 spiro atoms. The summed E-state index contributed by atoms with van der Waals surface area (Å²) in [6.07, 6.45) is 0. The molecule has 0 aromatic carbocycles. The van der Waals surface area contributed by atoms with E-state index in [1.807, 2.05) is 0 Å². The minimum atomic E-state index is -2.45. The van der Waals surface area contributed by atoms with Gasteiger partial charge in [-0.1, -0.05) is 0 Å². The number of hydrogen-bond acceptors (Lipinski definition) is 2. The molecule has 0 aliphatic carbocycles. The molecule has 0 saturated carbocycles. The van der Waals surface area contributed by atoms with Crippen molar-refractivity contribution in [1.82, 2.24) is 4.98 Å². The second kappa shape index (κ2) is 2.64. The van der Waals surface area contributed by atoms with Crippen molar-refractivity contribution >= 4 is 0 Å². The van der Waals surface area contributed by atoms with Gasteiger partial charge in [0.2, 0.25) is 5.95 Å². The Balaban J connectivity index is 3.24. The number of aryl methyl sites for hydroxylation is 1. The van der Waals surface area contributed by atoms with Gasteiger partial charge in [0.15, 0.2) is 0 Å². The number of nitrogens with zero attached hydrogens (tertiary/aromatic N) is 1. The summed E-state index contributed by atoms with van der Waals surface area (Å²) < 4.78 is 38.4. The Morgan fingerprint density at radius 2 is 2.50 bits per heavy atom. The Kier molecular flexibility index (Phi) is 1.03. The van der Waals surface area contributed by atoms with Crippen molar-refractivity contribution in [3.05, 3.63) is 23.8 Å². The highest BCUT2D eigenvalue weighted by Crippen LogP contribution is 2.13. The van der Waals surface area contributed by atoms with E-state index < -0.39 is 12.8 Å². The highest BCUT2D eigenvalue weighted by Gasteiger charge is 1.98. The Hall–Kier alpha value is -1.12. The fourth-order valence-corrected chi connectivity index (χ4v) is 0.587. The predicted molar refractivity (Wildman–Crippen MR) is 35.5 cm³/mol. The van der Waals surface area contributed by atoms with Gasteiger partial charge in [-0.05, 0) is 19.0 Å². The monoisotopic (exact) mass is 144 g/mol. The largest absolute Gasteiger partial charge is 0.495 e. The fraction of sp³-hybridized carbons (Fsp3) is 0.286. The van der Waals surface area contributed by atoms with Crippen molar-refractivity contribution in [2.45, 2.75) is 6.85 Å². The average molecular weight is 144 g/mol. The zero-order valence-electron chi connectivity index (χ0n) is 8.39. The van der Waals surface area contributed by atoms with Gasteiger partial charge >= 0.3 is 0 Å². The van der Waals surface area contributed by atoms with Gasteiger partial charge in [-0.15, -0.1) is 0 Å². The molecule has 0 radical (unpaired) electrons. The maximum atomic E-state index is 12.6. The van der Waals surface area contributed by atoms with E-state index in [1.165, 1.54) is 13.2 Å². The lowest BCUT2D eigenvalue weighted by atomic mass is 10.3. The third-order valence-electron chi connectivity index (χ3n) is 1.04. The minimum absolute atomic E-state index is 0.0707. The second-order valence-electron chi connectivity index (χ2n) is 1.68. The second-order valence-corrected chi connectivity index (χ2v) is 1.68. The van der Waals surface area contributed by atoms with Crippen LogP contribution in [0.3, 0.4) is 0 Å². The molecule has 0 saturated heterocycles. The molecule has 0 bridgehead atoms. The van der Waals surface area contributed by atoms with Crippen LogP contribution in [0.15, 0.2) is 12.1 Å². The van der Waals surface area contributed by atoms with Crippen LogP contribution in [0.5, 0.6) is 5.75 Å². The molecule has 1 heterocycles.